The highest BCUT2D eigenvalue weighted by Gasteiger charge is 2.12. The Morgan fingerprint density at radius 3 is 2.56 bits per heavy atom. The summed E-state index contributed by atoms with van der Waals surface area (Å²) < 4.78 is 5.38. The minimum Gasteiger partial charge on any atom is -0.466 e. The molecule has 0 aliphatic heterocycles. The third kappa shape index (κ3) is 5.04. The maximum absolute atomic E-state index is 12.2. The number of pyridine rings is 1. The van der Waals surface area contributed by atoms with Crippen LogP contribution in [-0.2, 0) is 0 Å². The Morgan fingerprint density at radius 1 is 1.04 bits per heavy atom. The number of carbonyl (C=O) groups excluding carboxylic acids is 1. The second kappa shape index (κ2) is 8.31. The first-order chi connectivity index (χ1) is 13.0. The Balaban J connectivity index is 1.53. The molecular formula is C19H22N6O2. The minimum atomic E-state index is -0.150. The molecular weight excluding hydrogens is 344 g/mol. The van der Waals surface area contributed by atoms with E-state index in [0.717, 1.165) is 5.76 Å². The smallest absolute Gasteiger partial charge is 0.254 e. The van der Waals surface area contributed by atoms with Crippen molar-refractivity contribution in [1.29, 1.82) is 0 Å². The zero-order chi connectivity index (χ0) is 19.2. The molecule has 8 heteroatoms. The highest BCUT2D eigenvalue weighted by molar-refractivity contribution is 5.95. The number of aryl methyl sites for hydroxylation is 3. The summed E-state index contributed by atoms with van der Waals surface area (Å²) in [7, 11) is 0. The van der Waals surface area contributed by atoms with Crippen LogP contribution in [-0.4, -0.2) is 33.9 Å². The van der Waals surface area contributed by atoms with Gasteiger partial charge < -0.3 is 20.4 Å². The predicted molar refractivity (Wildman–Crippen MR) is 103 cm³/mol. The van der Waals surface area contributed by atoms with Gasteiger partial charge in [-0.2, -0.15) is 0 Å². The number of nitrogens with zero attached hydrogens (tertiary/aromatic N) is 3. The van der Waals surface area contributed by atoms with Gasteiger partial charge in [-0.05, 0) is 39.0 Å². The highest BCUT2D eigenvalue weighted by Crippen LogP contribution is 2.15. The van der Waals surface area contributed by atoms with Gasteiger partial charge in [-0.3, -0.25) is 4.79 Å². The molecule has 3 rings (SSSR count). The van der Waals surface area contributed by atoms with E-state index in [-0.39, 0.29) is 5.91 Å². The van der Waals surface area contributed by atoms with Crippen molar-refractivity contribution >= 4 is 23.4 Å². The van der Waals surface area contributed by atoms with E-state index in [1.807, 2.05) is 32.0 Å². The fourth-order valence-corrected chi connectivity index (χ4v) is 2.61. The molecule has 0 aromatic carbocycles. The van der Waals surface area contributed by atoms with Crippen molar-refractivity contribution in [3.05, 3.63) is 59.4 Å². The SMILES string of the molecule is Cc1nc(NCCNC(=O)c2cc(C)oc2C)cc(Nc2ccccn2)n1. The molecule has 1 amide bonds. The van der Waals surface area contributed by atoms with Crippen LogP contribution in [0.5, 0.6) is 0 Å². The lowest BCUT2D eigenvalue weighted by molar-refractivity contribution is 0.0953. The number of anilines is 3. The van der Waals surface area contributed by atoms with Gasteiger partial charge in [0, 0.05) is 25.4 Å². The summed E-state index contributed by atoms with van der Waals surface area (Å²) in [6.45, 7) is 6.40. The summed E-state index contributed by atoms with van der Waals surface area (Å²) >= 11 is 0. The number of carbonyl (C=O) groups is 1. The second-order valence-electron chi connectivity index (χ2n) is 6.04. The van der Waals surface area contributed by atoms with Gasteiger partial charge in [-0.15, -0.1) is 0 Å². The largest absolute Gasteiger partial charge is 0.466 e. The quantitative estimate of drug-likeness (QED) is 0.552. The number of nitrogens with one attached hydrogen (secondary N) is 3. The first kappa shape index (κ1) is 18.4. The third-order valence-corrected chi connectivity index (χ3v) is 3.76. The van der Waals surface area contributed by atoms with Gasteiger partial charge in [-0.25, -0.2) is 15.0 Å². The van der Waals surface area contributed by atoms with Gasteiger partial charge in [0.25, 0.3) is 5.91 Å². The molecule has 27 heavy (non-hydrogen) atoms. The van der Waals surface area contributed by atoms with Crippen LogP contribution in [0, 0.1) is 20.8 Å². The molecule has 0 aliphatic rings. The fourth-order valence-electron chi connectivity index (χ4n) is 2.61. The first-order valence-corrected chi connectivity index (χ1v) is 8.64. The van der Waals surface area contributed by atoms with Crippen molar-refractivity contribution in [3.63, 3.8) is 0 Å². The number of rotatable bonds is 7. The van der Waals surface area contributed by atoms with E-state index in [2.05, 4.69) is 30.9 Å². The summed E-state index contributed by atoms with van der Waals surface area (Å²) in [5, 5.41) is 9.19. The van der Waals surface area contributed by atoms with Crippen molar-refractivity contribution in [2.24, 2.45) is 0 Å². The molecule has 0 unspecified atom stereocenters. The predicted octanol–water partition coefficient (Wildman–Crippen LogP) is 2.98. The maximum atomic E-state index is 12.2. The molecule has 0 fully saturated rings. The monoisotopic (exact) mass is 366 g/mol. The van der Waals surface area contributed by atoms with Gasteiger partial charge >= 0.3 is 0 Å². The summed E-state index contributed by atoms with van der Waals surface area (Å²) in [5.41, 5.74) is 0.562. The molecule has 0 bridgehead atoms. The lowest BCUT2D eigenvalue weighted by atomic mass is 10.2. The second-order valence-corrected chi connectivity index (χ2v) is 6.04. The highest BCUT2D eigenvalue weighted by atomic mass is 16.3. The number of hydrogen-bond acceptors (Lipinski definition) is 7. The van der Waals surface area contributed by atoms with Crippen molar-refractivity contribution in [2.45, 2.75) is 20.8 Å². The standard InChI is InChI=1S/C19H22N6O2/c1-12-10-15(13(2)27-12)19(26)22-9-8-21-17-11-18(24-14(3)23-17)25-16-6-4-5-7-20-16/h4-7,10-11H,8-9H2,1-3H3,(H,22,26)(H2,20,21,23,24,25). The molecule has 0 saturated heterocycles. The van der Waals surface area contributed by atoms with Crippen LogP contribution < -0.4 is 16.0 Å². The minimum absolute atomic E-state index is 0.150. The van der Waals surface area contributed by atoms with Crippen LogP contribution in [0.4, 0.5) is 17.5 Å². The van der Waals surface area contributed by atoms with E-state index < -0.39 is 0 Å². The summed E-state index contributed by atoms with van der Waals surface area (Å²) in [6.07, 6.45) is 1.71. The summed E-state index contributed by atoms with van der Waals surface area (Å²) in [6, 6.07) is 9.15. The van der Waals surface area contributed by atoms with Crippen molar-refractivity contribution in [2.75, 3.05) is 23.7 Å². The van der Waals surface area contributed by atoms with E-state index in [9.17, 15) is 4.79 Å². The Hall–Kier alpha value is -3.42. The molecule has 140 valence electrons. The van der Waals surface area contributed by atoms with Gasteiger partial charge in [0.15, 0.2) is 0 Å². The van der Waals surface area contributed by atoms with E-state index in [1.165, 1.54) is 0 Å². The normalized spacial score (nSPS) is 10.5. The van der Waals surface area contributed by atoms with Crippen LogP contribution in [0.25, 0.3) is 0 Å². The molecule has 0 radical (unpaired) electrons. The van der Waals surface area contributed by atoms with E-state index in [0.29, 0.717) is 47.7 Å². The average Bonchev–Trinajstić information content (AvgIpc) is 2.97. The third-order valence-electron chi connectivity index (χ3n) is 3.76. The number of amides is 1. The topological polar surface area (TPSA) is 105 Å². The van der Waals surface area contributed by atoms with Gasteiger partial charge in [0.2, 0.25) is 0 Å². The molecule has 3 aromatic heterocycles. The van der Waals surface area contributed by atoms with E-state index >= 15 is 0 Å². The summed E-state index contributed by atoms with van der Waals surface area (Å²) in [4.78, 5) is 25.1. The maximum Gasteiger partial charge on any atom is 0.254 e. The van der Waals surface area contributed by atoms with Gasteiger partial charge in [-0.1, -0.05) is 6.07 Å². The Morgan fingerprint density at radius 2 is 1.85 bits per heavy atom. The Labute approximate surface area is 157 Å². The summed E-state index contributed by atoms with van der Waals surface area (Å²) in [5.74, 6) is 3.85. The Kier molecular flexibility index (Phi) is 5.65. The number of aromatic nitrogens is 3. The van der Waals surface area contributed by atoms with Gasteiger partial charge in [0.1, 0.15) is 34.8 Å². The number of hydrogen-bond donors (Lipinski definition) is 3. The molecule has 3 aromatic rings. The zero-order valence-corrected chi connectivity index (χ0v) is 15.5. The van der Waals surface area contributed by atoms with Crippen LogP contribution >= 0.6 is 0 Å². The Bertz CT molecular complexity index is 923. The molecule has 0 saturated carbocycles. The number of furan rings is 1. The van der Waals surface area contributed by atoms with Crippen LogP contribution in [0.3, 0.4) is 0 Å². The average molecular weight is 366 g/mol. The van der Waals surface area contributed by atoms with Crippen molar-refractivity contribution in [3.8, 4) is 0 Å². The van der Waals surface area contributed by atoms with E-state index in [1.54, 1.807) is 25.3 Å². The van der Waals surface area contributed by atoms with Crippen molar-refractivity contribution < 1.29 is 9.21 Å². The first-order valence-electron chi connectivity index (χ1n) is 8.64. The lowest BCUT2D eigenvalue weighted by Gasteiger charge is -2.10. The fraction of sp³-hybridized carbons (Fsp3) is 0.263. The molecule has 0 atom stereocenters. The van der Waals surface area contributed by atoms with Crippen molar-refractivity contribution in [1.82, 2.24) is 20.3 Å². The molecule has 0 aliphatic carbocycles. The van der Waals surface area contributed by atoms with Crippen LogP contribution in [0.15, 0.2) is 40.9 Å². The van der Waals surface area contributed by atoms with Crippen LogP contribution in [0.2, 0.25) is 0 Å². The molecule has 3 N–H and O–H groups in total. The molecule has 0 spiro atoms. The van der Waals surface area contributed by atoms with Gasteiger partial charge in [0.05, 0.1) is 5.56 Å². The van der Waals surface area contributed by atoms with E-state index in [4.69, 9.17) is 4.42 Å². The molecule has 3 heterocycles. The zero-order valence-electron chi connectivity index (χ0n) is 15.5. The molecule has 8 nitrogen and oxygen atoms in total. The lowest BCUT2D eigenvalue weighted by Crippen LogP contribution is -2.29. The van der Waals surface area contributed by atoms with Crippen LogP contribution in [0.1, 0.15) is 27.7 Å².